The molecule has 0 atom stereocenters. The van der Waals surface area contributed by atoms with Gasteiger partial charge in [0.15, 0.2) is 5.58 Å². The third-order valence-electron chi connectivity index (χ3n) is 4.22. The van der Waals surface area contributed by atoms with Crippen LogP contribution in [0.15, 0.2) is 56.6 Å². The zero-order chi connectivity index (χ0) is 18.3. The van der Waals surface area contributed by atoms with Gasteiger partial charge in [-0.1, -0.05) is 6.07 Å². The first kappa shape index (κ1) is 16.4. The SMILES string of the molecule is O=C1CCCN1c1ccc(S(=O)(=O)Nc2cccc3[nH]c(=O)oc23)cc1. The molecule has 9 heteroatoms. The minimum Gasteiger partial charge on any atom is -0.406 e. The average molecular weight is 373 g/mol. The van der Waals surface area contributed by atoms with Crippen molar-refractivity contribution < 1.29 is 17.6 Å². The summed E-state index contributed by atoms with van der Waals surface area (Å²) in [5.41, 5.74) is 1.38. The summed E-state index contributed by atoms with van der Waals surface area (Å²) in [5.74, 6) is -0.626. The molecule has 0 bridgehead atoms. The van der Waals surface area contributed by atoms with Crippen LogP contribution in [0.5, 0.6) is 0 Å². The van der Waals surface area contributed by atoms with Gasteiger partial charge in [0.05, 0.1) is 16.1 Å². The van der Waals surface area contributed by atoms with E-state index in [0.29, 0.717) is 24.2 Å². The summed E-state index contributed by atoms with van der Waals surface area (Å²) in [6, 6.07) is 10.8. The van der Waals surface area contributed by atoms with Gasteiger partial charge >= 0.3 is 5.76 Å². The molecule has 0 saturated carbocycles. The van der Waals surface area contributed by atoms with E-state index >= 15 is 0 Å². The van der Waals surface area contributed by atoms with Gasteiger partial charge in [-0.2, -0.15) is 0 Å². The highest BCUT2D eigenvalue weighted by atomic mass is 32.2. The first-order chi connectivity index (χ1) is 12.4. The zero-order valence-electron chi connectivity index (χ0n) is 13.6. The van der Waals surface area contributed by atoms with Crippen molar-refractivity contribution in [2.24, 2.45) is 0 Å². The monoisotopic (exact) mass is 373 g/mol. The molecule has 2 heterocycles. The standard InChI is InChI=1S/C17H15N3O5S/c21-15-5-2-10-20(15)11-6-8-12(9-7-11)26(23,24)19-14-4-1-3-13-16(14)25-17(22)18-13/h1,3-4,6-9,19H,2,5,10H2,(H,18,22). The van der Waals surface area contributed by atoms with Crippen LogP contribution in [0.3, 0.4) is 0 Å². The molecule has 1 aromatic heterocycles. The number of nitrogens with zero attached hydrogens (tertiary/aromatic N) is 1. The molecular formula is C17H15N3O5S. The lowest BCUT2D eigenvalue weighted by molar-refractivity contribution is -0.117. The molecule has 1 aliphatic rings. The van der Waals surface area contributed by atoms with Crippen molar-refractivity contribution in [2.45, 2.75) is 17.7 Å². The van der Waals surface area contributed by atoms with E-state index in [4.69, 9.17) is 4.42 Å². The van der Waals surface area contributed by atoms with Crippen LogP contribution < -0.4 is 15.4 Å². The van der Waals surface area contributed by atoms with Crippen LogP contribution in [-0.4, -0.2) is 25.9 Å². The molecule has 1 fully saturated rings. The maximum absolute atomic E-state index is 12.6. The van der Waals surface area contributed by atoms with Crippen molar-refractivity contribution in [1.29, 1.82) is 0 Å². The minimum atomic E-state index is -3.88. The molecule has 134 valence electrons. The van der Waals surface area contributed by atoms with Crippen LogP contribution in [0.1, 0.15) is 12.8 Å². The molecule has 0 unspecified atom stereocenters. The highest BCUT2D eigenvalue weighted by Crippen LogP contribution is 2.26. The van der Waals surface area contributed by atoms with Crippen molar-refractivity contribution in [3.05, 3.63) is 53.0 Å². The molecule has 0 aliphatic carbocycles. The van der Waals surface area contributed by atoms with Gasteiger partial charge in [0.1, 0.15) is 0 Å². The quantitative estimate of drug-likeness (QED) is 0.727. The zero-order valence-corrected chi connectivity index (χ0v) is 14.4. The second-order valence-corrected chi connectivity index (χ2v) is 7.63. The summed E-state index contributed by atoms with van der Waals surface area (Å²) in [6.07, 6.45) is 1.31. The Morgan fingerprint density at radius 1 is 1.08 bits per heavy atom. The lowest BCUT2D eigenvalue weighted by Crippen LogP contribution is -2.23. The van der Waals surface area contributed by atoms with Gasteiger partial charge < -0.3 is 9.32 Å². The summed E-state index contributed by atoms with van der Waals surface area (Å²) in [6.45, 7) is 0.637. The number of para-hydroxylation sites is 1. The van der Waals surface area contributed by atoms with Crippen molar-refractivity contribution in [1.82, 2.24) is 4.98 Å². The maximum atomic E-state index is 12.6. The van der Waals surface area contributed by atoms with E-state index in [1.807, 2.05) is 0 Å². The number of rotatable bonds is 4. The number of hydrogen-bond donors (Lipinski definition) is 2. The van der Waals surface area contributed by atoms with E-state index in [9.17, 15) is 18.0 Å². The lowest BCUT2D eigenvalue weighted by atomic mass is 10.3. The number of H-pyrrole nitrogens is 1. The predicted molar refractivity (Wildman–Crippen MR) is 95.7 cm³/mol. The Labute approximate surface area is 148 Å². The highest BCUT2D eigenvalue weighted by molar-refractivity contribution is 7.92. The van der Waals surface area contributed by atoms with E-state index < -0.39 is 15.8 Å². The molecule has 26 heavy (non-hydrogen) atoms. The van der Waals surface area contributed by atoms with Gasteiger partial charge in [-0.3, -0.25) is 14.5 Å². The van der Waals surface area contributed by atoms with Crippen molar-refractivity contribution in [3.8, 4) is 0 Å². The van der Waals surface area contributed by atoms with Gasteiger partial charge in [-0.15, -0.1) is 0 Å². The van der Waals surface area contributed by atoms with Crippen molar-refractivity contribution >= 4 is 38.4 Å². The number of benzene rings is 2. The molecule has 1 aliphatic heterocycles. The second kappa shape index (κ2) is 6.03. The number of fused-ring (bicyclic) bond motifs is 1. The Morgan fingerprint density at radius 3 is 2.54 bits per heavy atom. The smallest absolute Gasteiger partial charge is 0.406 e. The molecule has 2 N–H and O–H groups in total. The molecule has 2 aromatic carbocycles. The lowest BCUT2D eigenvalue weighted by Gasteiger charge is -2.16. The largest absolute Gasteiger partial charge is 0.417 e. The first-order valence-electron chi connectivity index (χ1n) is 7.99. The van der Waals surface area contributed by atoms with E-state index in [2.05, 4.69) is 9.71 Å². The van der Waals surface area contributed by atoms with Crippen LogP contribution in [0.25, 0.3) is 11.1 Å². The van der Waals surface area contributed by atoms with Crippen LogP contribution in [0, 0.1) is 0 Å². The average Bonchev–Trinajstić information content (AvgIpc) is 3.20. The number of sulfonamides is 1. The van der Waals surface area contributed by atoms with Gasteiger partial charge in [0.2, 0.25) is 5.91 Å². The minimum absolute atomic E-state index is 0.0351. The fourth-order valence-corrected chi connectivity index (χ4v) is 4.05. The van der Waals surface area contributed by atoms with E-state index in [-0.39, 0.29) is 22.1 Å². The van der Waals surface area contributed by atoms with E-state index in [1.165, 1.54) is 18.2 Å². The van der Waals surface area contributed by atoms with Gasteiger partial charge in [0, 0.05) is 18.7 Å². The molecular weight excluding hydrogens is 358 g/mol. The van der Waals surface area contributed by atoms with Crippen LogP contribution in [0.2, 0.25) is 0 Å². The molecule has 3 aromatic rings. The molecule has 0 radical (unpaired) electrons. The summed E-state index contributed by atoms with van der Waals surface area (Å²) in [4.78, 5) is 27.3. The first-order valence-corrected chi connectivity index (χ1v) is 9.47. The Bertz CT molecular complexity index is 1150. The van der Waals surface area contributed by atoms with E-state index in [0.717, 1.165) is 6.42 Å². The van der Waals surface area contributed by atoms with Crippen molar-refractivity contribution in [3.63, 3.8) is 0 Å². The third kappa shape index (κ3) is 2.86. The number of nitrogens with one attached hydrogen (secondary N) is 2. The van der Waals surface area contributed by atoms with Crippen LogP contribution in [-0.2, 0) is 14.8 Å². The number of carbonyl (C=O) groups is 1. The second-order valence-electron chi connectivity index (χ2n) is 5.95. The van der Waals surface area contributed by atoms with Crippen LogP contribution >= 0.6 is 0 Å². The molecule has 0 spiro atoms. The maximum Gasteiger partial charge on any atom is 0.417 e. The summed E-state index contributed by atoms with van der Waals surface area (Å²) >= 11 is 0. The molecule has 8 nitrogen and oxygen atoms in total. The number of aromatic nitrogens is 1. The molecule has 4 rings (SSSR count). The summed E-state index contributed by atoms with van der Waals surface area (Å²) in [7, 11) is -3.88. The molecule has 1 amide bonds. The van der Waals surface area contributed by atoms with Crippen molar-refractivity contribution in [2.75, 3.05) is 16.2 Å². The number of aromatic amines is 1. The highest BCUT2D eigenvalue weighted by Gasteiger charge is 2.23. The Kier molecular flexibility index (Phi) is 3.80. The van der Waals surface area contributed by atoms with Gasteiger partial charge in [-0.25, -0.2) is 13.2 Å². The number of hydrogen-bond acceptors (Lipinski definition) is 5. The van der Waals surface area contributed by atoms with Gasteiger partial charge in [-0.05, 0) is 42.8 Å². The summed E-state index contributed by atoms with van der Waals surface area (Å²) in [5, 5.41) is 0. The molecule has 1 saturated heterocycles. The Hall–Kier alpha value is -3.07. The van der Waals surface area contributed by atoms with Gasteiger partial charge in [0.25, 0.3) is 10.0 Å². The number of oxazole rings is 1. The predicted octanol–water partition coefficient (Wildman–Crippen LogP) is 2.05. The number of carbonyl (C=O) groups excluding carboxylic acids is 1. The Balaban J connectivity index is 1.64. The normalized spacial score (nSPS) is 14.9. The van der Waals surface area contributed by atoms with Crippen LogP contribution in [0.4, 0.5) is 11.4 Å². The fourth-order valence-electron chi connectivity index (χ4n) is 2.98. The summed E-state index contributed by atoms with van der Waals surface area (Å²) < 4.78 is 32.7. The topological polar surface area (TPSA) is 112 Å². The number of anilines is 2. The van der Waals surface area contributed by atoms with E-state index in [1.54, 1.807) is 29.2 Å². The fraction of sp³-hybridized carbons (Fsp3) is 0.176. The Morgan fingerprint density at radius 2 is 1.85 bits per heavy atom. The number of amides is 1. The third-order valence-corrected chi connectivity index (χ3v) is 5.60.